The lowest BCUT2D eigenvalue weighted by atomic mass is 9.78. The van der Waals surface area contributed by atoms with Crippen molar-refractivity contribution in [2.45, 2.75) is 16.0 Å². The minimum atomic E-state index is -0.840. The average Bonchev–Trinajstić information content (AvgIpc) is 3.09. The summed E-state index contributed by atoms with van der Waals surface area (Å²) in [4.78, 5) is 45.8. The van der Waals surface area contributed by atoms with E-state index < -0.39 is 22.6 Å². The number of morpholine rings is 1. The Kier molecular flexibility index (Phi) is 6.04. The molecule has 32 heavy (non-hydrogen) atoms. The summed E-state index contributed by atoms with van der Waals surface area (Å²) in [5.41, 5.74) is 0. The van der Waals surface area contributed by atoms with Crippen molar-refractivity contribution < 1.29 is 29.0 Å². The second kappa shape index (κ2) is 8.81. The summed E-state index contributed by atoms with van der Waals surface area (Å²) in [6, 6.07) is -0.742. The van der Waals surface area contributed by atoms with Gasteiger partial charge in [0.15, 0.2) is 0 Å². The van der Waals surface area contributed by atoms with Crippen LogP contribution in [0.3, 0.4) is 0 Å². The minimum absolute atomic E-state index is 0.0709. The van der Waals surface area contributed by atoms with Gasteiger partial charge in [0.05, 0.1) is 36.4 Å². The SMILES string of the molecule is O=C1OCC=C[C@H]2S[C@]34C=CCN(CCN5CCOCC5)C(=O)C3N(CCO)C(=O)[C@@H]4[C@@H]12. The van der Waals surface area contributed by atoms with Gasteiger partial charge < -0.3 is 24.4 Å². The van der Waals surface area contributed by atoms with E-state index in [1.807, 2.05) is 24.3 Å². The second-order valence-electron chi connectivity index (χ2n) is 8.80. The molecule has 0 saturated carbocycles. The van der Waals surface area contributed by atoms with E-state index in [1.54, 1.807) is 4.90 Å². The maximum Gasteiger partial charge on any atom is 0.311 e. The van der Waals surface area contributed by atoms with Crippen LogP contribution >= 0.6 is 11.8 Å². The first kappa shape index (κ1) is 21.9. The summed E-state index contributed by atoms with van der Waals surface area (Å²) in [6.07, 6.45) is 7.69. The highest BCUT2D eigenvalue weighted by atomic mass is 32.2. The maximum absolute atomic E-state index is 13.8. The zero-order valence-corrected chi connectivity index (χ0v) is 18.7. The molecule has 1 N–H and O–H groups in total. The number of amides is 2. The van der Waals surface area contributed by atoms with Gasteiger partial charge in [-0.05, 0) is 0 Å². The minimum Gasteiger partial charge on any atom is -0.461 e. The Balaban J connectivity index is 1.45. The van der Waals surface area contributed by atoms with Gasteiger partial charge in [0.2, 0.25) is 11.8 Å². The van der Waals surface area contributed by atoms with Crippen molar-refractivity contribution in [1.82, 2.24) is 14.7 Å². The molecule has 0 aliphatic carbocycles. The number of likely N-dealkylation sites (tertiary alicyclic amines) is 1. The molecular weight excluding hydrogens is 434 g/mol. The Labute approximate surface area is 191 Å². The fourth-order valence-electron chi connectivity index (χ4n) is 5.65. The summed E-state index contributed by atoms with van der Waals surface area (Å²) in [5, 5.41) is 9.44. The fourth-order valence-corrected chi connectivity index (χ4v) is 7.65. The van der Waals surface area contributed by atoms with Gasteiger partial charge >= 0.3 is 5.97 Å². The molecular formula is C22H29N3O6S. The number of ether oxygens (including phenoxy) is 2. The van der Waals surface area contributed by atoms with Crippen molar-refractivity contribution >= 4 is 29.5 Å². The molecule has 2 amide bonds. The number of rotatable bonds is 5. The van der Waals surface area contributed by atoms with Crippen LogP contribution < -0.4 is 0 Å². The van der Waals surface area contributed by atoms with Crippen molar-refractivity contribution in [2.75, 3.05) is 65.7 Å². The molecule has 5 aliphatic rings. The van der Waals surface area contributed by atoms with Gasteiger partial charge in [-0.15, -0.1) is 11.8 Å². The number of β-amino-alcohol motifs (C(OH)–C–C–N with tert-alkyl or cyclic N) is 1. The van der Waals surface area contributed by atoms with Gasteiger partial charge in [0.25, 0.3) is 0 Å². The summed E-state index contributed by atoms with van der Waals surface area (Å²) in [7, 11) is 0. The van der Waals surface area contributed by atoms with E-state index in [1.165, 1.54) is 16.7 Å². The quantitative estimate of drug-likeness (QED) is 0.415. The van der Waals surface area contributed by atoms with Crippen LogP contribution in [0.4, 0.5) is 0 Å². The topological polar surface area (TPSA) is 99.6 Å². The molecule has 5 atom stereocenters. The molecule has 1 spiro atoms. The van der Waals surface area contributed by atoms with Crippen LogP contribution in [0.15, 0.2) is 24.3 Å². The van der Waals surface area contributed by atoms with Crippen LogP contribution in [0.2, 0.25) is 0 Å². The number of nitrogens with zero attached hydrogens (tertiary/aromatic N) is 3. The van der Waals surface area contributed by atoms with Crippen molar-refractivity contribution in [1.29, 1.82) is 0 Å². The van der Waals surface area contributed by atoms with E-state index in [4.69, 9.17) is 9.47 Å². The Bertz CT molecular complexity index is 844. The predicted molar refractivity (Wildman–Crippen MR) is 117 cm³/mol. The molecule has 0 aromatic heterocycles. The maximum atomic E-state index is 13.8. The fraction of sp³-hybridized carbons (Fsp3) is 0.682. The van der Waals surface area contributed by atoms with Crippen LogP contribution in [-0.4, -0.2) is 119 Å². The molecule has 1 unspecified atom stereocenters. The lowest BCUT2D eigenvalue weighted by Gasteiger charge is -2.36. The highest BCUT2D eigenvalue weighted by Crippen LogP contribution is 2.60. The second-order valence-corrected chi connectivity index (χ2v) is 10.3. The first-order chi connectivity index (χ1) is 15.6. The molecule has 0 aromatic rings. The smallest absolute Gasteiger partial charge is 0.311 e. The normalized spacial score (nSPS) is 37.1. The summed E-state index contributed by atoms with van der Waals surface area (Å²) in [6.45, 7) is 4.88. The van der Waals surface area contributed by atoms with Gasteiger partial charge in [0.1, 0.15) is 12.6 Å². The van der Waals surface area contributed by atoms with Crippen LogP contribution in [0.25, 0.3) is 0 Å². The monoisotopic (exact) mass is 463 g/mol. The molecule has 0 radical (unpaired) electrons. The van der Waals surface area contributed by atoms with Gasteiger partial charge in [-0.2, -0.15) is 0 Å². The molecule has 3 fully saturated rings. The average molecular weight is 464 g/mol. The number of carbonyl (C=O) groups is 3. The van der Waals surface area contributed by atoms with E-state index in [0.29, 0.717) is 26.3 Å². The third kappa shape index (κ3) is 3.48. The Morgan fingerprint density at radius 1 is 1.09 bits per heavy atom. The summed E-state index contributed by atoms with van der Waals surface area (Å²) < 4.78 is 9.90. The first-order valence-corrected chi connectivity index (χ1v) is 12.1. The number of thioether (sulfide) groups is 1. The Hall–Kier alpha value is -1.88. The van der Waals surface area contributed by atoms with Crippen molar-refractivity contribution in [3.8, 4) is 0 Å². The number of esters is 1. The summed E-state index contributed by atoms with van der Waals surface area (Å²) in [5.74, 6) is -2.06. The zero-order valence-electron chi connectivity index (χ0n) is 17.9. The zero-order chi connectivity index (χ0) is 22.3. The van der Waals surface area contributed by atoms with Crippen molar-refractivity contribution in [3.63, 3.8) is 0 Å². The van der Waals surface area contributed by atoms with E-state index in [0.717, 1.165) is 19.6 Å². The van der Waals surface area contributed by atoms with Gasteiger partial charge in [-0.25, -0.2) is 0 Å². The van der Waals surface area contributed by atoms with E-state index in [9.17, 15) is 19.5 Å². The van der Waals surface area contributed by atoms with E-state index in [-0.39, 0.29) is 42.8 Å². The molecule has 3 saturated heterocycles. The molecule has 5 rings (SSSR count). The predicted octanol–water partition coefficient (Wildman–Crippen LogP) is -0.880. The number of cyclic esters (lactones) is 1. The molecule has 5 heterocycles. The van der Waals surface area contributed by atoms with Crippen molar-refractivity contribution in [2.24, 2.45) is 11.8 Å². The van der Waals surface area contributed by atoms with Crippen molar-refractivity contribution in [3.05, 3.63) is 24.3 Å². The van der Waals surface area contributed by atoms with E-state index in [2.05, 4.69) is 4.90 Å². The number of aliphatic hydroxyl groups is 1. The number of carbonyl (C=O) groups excluding carboxylic acids is 3. The number of fused-ring (bicyclic) bond motifs is 2. The standard InChI is InChI=1S/C22H29N3O6S/c26-11-8-25-18-20(28)24(7-6-23-9-13-30-14-10-23)5-2-4-22(18)17(19(25)27)16-15(32-22)3-1-12-31-21(16)29/h1-4,15-18,26H,5-14H2/t15-,16+,17+,18?,22+/m1/s1. The molecule has 5 aliphatic heterocycles. The van der Waals surface area contributed by atoms with Crippen LogP contribution in [0.5, 0.6) is 0 Å². The molecule has 174 valence electrons. The highest BCUT2D eigenvalue weighted by molar-refractivity contribution is 8.02. The third-order valence-corrected chi connectivity index (χ3v) is 8.87. The number of aliphatic hydroxyl groups excluding tert-OH is 1. The molecule has 9 nitrogen and oxygen atoms in total. The van der Waals surface area contributed by atoms with E-state index >= 15 is 0 Å². The number of hydrogen-bond donors (Lipinski definition) is 1. The lowest BCUT2D eigenvalue weighted by molar-refractivity contribution is -0.151. The van der Waals surface area contributed by atoms with Crippen LogP contribution in [-0.2, 0) is 23.9 Å². The van der Waals surface area contributed by atoms with Gasteiger partial charge in [0, 0.05) is 44.5 Å². The lowest BCUT2D eigenvalue weighted by Crippen LogP contribution is -2.54. The van der Waals surface area contributed by atoms with Gasteiger partial charge in [-0.1, -0.05) is 24.3 Å². The summed E-state index contributed by atoms with van der Waals surface area (Å²) >= 11 is 1.52. The third-order valence-electron chi connectivity index (χ3n) is 7.13. The first-order valence-electron chi connectivity index (χ1n) is 11.3. The van der Waals surface area contributed by atoms with Crippen LogP contribution in [0, 0.1) is 11.8 Å². The molecule has 0 bridgehead atoms. The Morgan fingerprint density at radius 2 is 1.91 bits per heavy atom. The molecule has 0 aromatic carbocycles. The molecule has 10 heteroatoms. The largest absolute Gasteiger partial charge is 0.461 e. The van der Waals surface area contributed by atoms with Gasteiger partial charge in [-0.3, -0.25) is 19.3 Å². The highest BCUT2D eigenvalue weighted by Gasteiger charge is 2.70. The Morgan fingerprint density at radius 3 is 2.69 bits per heavy atom. The van der Waals surface area contributed by atoms with Crippen LogP contribution in [0.1, 0.15) is 0 Å². The number of hydrogen-bond acceptors (Lipinski definition) is 8.